The van der Waals surface area contributed by atoms with Crippen LogP contribution >= 0.6 is 0 Å². The van der Waals surface area contributed by atoms with Crippen LogP contribution in [0.2, 0.25) is 0 Å². The van der Waals surface area contributed by atoms with Gasteiger partial charge in [0.15, 0.2) is 4.90 Å². The molecule has 10 heteroatoms. The minimum atomic E-state index is -4.23. The highest BCUT2D eigenvalue weighted by Gasteiger charge is 2.25. The zero-order valence-corrected chi connectivity index (χ0v) is 16.4. The molecule has 0 aromatic heterocycles. The van der Waals surface area contributed by atoms with Crippen molar-refractivity contribution in [2.45, 2.75) is 11.8 Å². The maximum Gasteiger partial charge on any atom is 0.302 e. The Morgan fingerprint density at radius 3 is 2.34 bits per heavy atom. The summed E-state index contributed by atoms with van der Waals surface area (Å²) in [6.45, 7) is 0.262. The van der Waals surface area contributed by atoms with E-state index in [2.05, 4.69) is 4.72 Å². The number of hydrogen-bond donors (Lipinski definition) is 2. The molecule has 0 heterocycles. The van der Waals surface area contributed by atoms with Crippen molar-refractivity contribution in [1.82, 2.24) is 4.72 Å². The molecule has 29 heavy (non-hydrogen) atoms. The quantitative estimate of drug-likeness (QED) is 0.359. The van der Waals surface area contributed by atoms with Gasteiger partial charge in [-0.3, -0.25) is 14.9 Å². The summed E-state index contributed by atoms with van der Waals surface area (Å²) < 4.78 is 32.6. The molecule has 0 fully saturated rings. The van der Waals surface area contributed by atoms with Crippen LogP contribution in [-0.2, 0) is 19.6 Å². The fraction of sp³-hybridized carbons (Fsp3) is 0.211. The molecule has 2 aromatic carbocycles. The molecular formula is C19H20N2O7S. The summed E-state index contributed by atoms with van der Waals surface area (Å²) in [5.41, 5.74) is 0.759. The van der Waals surface area contributed by atoms with Crippen LogP contribution in [0.5, 0.6) is 0 Å². The van der Waals surface area contributed by atoms with E-state index in [0.29, 0.717) is 16.7 Å². The van der Waals surface area contributed by atoms with E-state index >= 15 is 0 Å². The van der Waals surface area contributed by atoms with Gasteiger partial charge in [-0.25, -0.2) is 13.1 Å². The molecule has 0 bridgehead atoms. The highest BCUT2D eigenvalue weighted by molar-refractivity contribution is 7.89. The van der Waals surface area contributed by atoms with E-state index < -0.39 is 38.1 Å². The van der Waals surface area contributed by atoms with Crippen LogP contribution in [0.4, 0.5) is 5.69 Å². The zero-order valence-electron chi connectivity index (χ0n) is 15.6. The first-order valence-corrected chi connectivity index (χ1v) is 9.98. The maximum absolute atomic E-state index is 12.7. The van der Waals surface area contributed by atoms with Gasteiger partial charge >= 0.3 is 5.97 Å². The number of nitrogens with one attached hydrogen (secondary N) is 1. The monoisotopic (exact) mass is 420 g/mol. The van der Waals surface area contributed by atoms with E-state index in [1.54, 1.807) is 30.3 Å². The van der Waals surface area contributed by atoms with Crippen LogP contribution in [0, 0.1) is 10.1 Å². The van der Waals surface area contributed by atoms with Crippen molar-refractivity contribution in [3.63, 3.8) is 0 Å². The van der Waals surface area contributed by atoms with Crippen molar-refractivity contribution in [3.8, 4) is 0 Å². The highest BCUT2D eigenvalue weighted by Crippen LogP contribution is 2.24. The molecule has 0 aliphatic rings. The largest absolute Gasteiger partial charge is 0.461 e. The molecule has 0 saturated heterocycles. The van der Waals surface area contributed by atoms with E-state index in [1.165, 1.54) is 19.1 Å². The lowest BCUT2D eigenvalue weighted by Crippen LogP contribution is -2.27. The lowest BCUT2D eigenvalue weighted by molar-refractivity contribution is -0.387. The highest BCUT2D eigenvalue weighted by atomic mass is 32.2. The predicted octanol–water partition coefficient (Wildman–Crippen LogP) is 1.88. The van der Waals surface area contributed by atoms with Crippen LogP contribution in [0.3, 0.4) is 0 Å². The molecule has 2 aromatic rings. The predicted molar refractivity (Wildman–Crippen MR) is 105 cm³/mol. The van der Waals surface area contributed by atoms with Gasteiger partial charge in [0.1, 0.15) is 6.61 Å². The first-order chi connectivity index (χ1) is 13.8. The van der Waals surface area contributed by atoms with Crippen molar-refractivity contribution >= 4 is 27.3 Å². The summed E-state index contributed by atoms with van der Waals surface area (Å²) in [6, 6.07) is 13.6. The lowest BCUT2D eigenvalue weighted by Gasteiger charge is -2.16. The number of nitrogens with zero attached hydrogens (tertiary/aromatic N) is 1. The van der Waals surface area contributed by atoms with Crippen molar-refractivity contribution < 1.29 is 28.0 Å². The molecule has 0 spiro atoms. The molecular weight excluding hydrogens is 400 g/mol. The first-order valence-electron chi connectivity index (χ1n) is 8.50. The number of carbonyl (C=O) groups is 1. The van der Waals surface area contributed by atoms with Gasteiger partial charge in [0.05, 0.1) is 11.5 Å². The molecule has 9 nitrogen and oxygen atoms in total. The average Bonchev–Trinajstić information content (AvgIpc) is 2.70. The fourth-order valence-corrected chi connectivity index (χ4v) is 3.73. The molecule has 0 amide bonds. The van der Waals surface area contributed by atoms with E-state index in [9.17, 15) is 28.4 Å². The maximum atomic E-state index is 12.7. The smallest absolute Gasteiger partial charge is 0.302 e. The minimum absolute atomic E-state index is 0.219. The number of benzene rings is 2. The summed E-state index contributed by atoms with van der Waals surface area (Å²) in [4.78, 5) is 21.0. The van der Waals surface area contributed by atoms with Gasteiger partial charge in [-0.15, -0.1) is 0 Å². The van der Waals surface area contributed by atoms with E-state index in [4.69, 9.17) is 4.74 Å². The number of esters is 1. The third kappa shape index (κ3) is 5.95. The van der Waals surface area contributed by atoms with Gasteiger partial charge in [-0.1, -0.05) is 42.5 Å². The number of nitro groups is 1. The number of aliphatic hydroxyl groups excluding tert-OH is 1. The summed E-state index contributed by atoms with van der Waals surface area (Å²) in [5.74, 6) is -0.552. The Morgan fingerprint density at radius 2 is 1.76 bits per heavy atom. The van der Waals surface area contributed by atoms with Crippen molar-refractivity contribution in [3.05, 3.63) is 75.8 Å². The van der Waals surface area contributed by atoms with Gasteiger partial charge in [-0.05, 0) is 22.8 Å². The Kier molecular flexibility index (Phi) is 7.59. The molecule has 0 unspecified atom stereocenters. The molecule has 0 atom stereocenters. The summed E-state index contributed by atoms with van der Waals surface area (Å²) >= 11 is 0. The molecule has 2 N–H and O–H groups in total. The lowest BCUT2D eigenvalue weighted by atomic mass is 10.0. The van der Waals surface area contributed by atoms with E-state index in [1.807, 2.05) is 0 Å². The number of aliphatic hydroxyl groups is 1. The SMILES string of the molecule is CC(=O)OC/C(CO)=C(\CNS(=O)(=O)c1ccccc1[N+](=O)[O-])c1ccccc1. The number of nitro benzene ring substituents is 1. The summed E-state index contributed by atoms with van der Waals surface area (Å²) in [5, 5.41) is 20.9. The standard InChI is InChI=1S/C19H20N2O7S/c1-14(23)28-13-16(12-22)17(15-7-3-2-4-8-15)11-20-29(26,27)19-10-6-5-9-18(19)21(24)25/h2-10,20,22H,11-13H2,1H3/b17-16+. The van der Waals surface area contributed by atoms with Gasteiger partial charge in [0.2, 0.25) is 10.0 Å². The molecule has 0 aliphatic heterocycles. The van der Waals surface area contributed by atoms with Crippen molar-refractivity contribution in [2.24, 2.45) is 0 Å². The van der Waals surface area contributed by atoms with Crippen molar-refractivity contribution in [2.75, 3.05) is 19.8 Å². The van der Waals surface area contributed by atoms with E-state index in [-0.39, 0.29) is 13.2 Å². The van der Waals surface area contributed by atoms with Crippen LogP contribution in [0.25, 0.3) is 5.57 Å². The van der Waals surface area contributed by atoms with Gasteiger partial charge < -0.3 is 9.84 Å². The van der Waals surface area contributed by atoms with Gasteiger partial charge in [0.25, 0.3) is 5.69 Å². The number of rotatable bonds is 9. The average molecular weight is 420 g/mol. The van der Waals surface area contributed by atoms with Crippen molar-refractivity contribution in [1.29, 1.82) is 0 Å². The minimum Gasteiger partial charge on any atom is -0.461 e. The number of para-hydroxylation sites is 1. The molecule has 0 radical (unpaired) electrons. The third-order valence-electron chi connectivity index (χ3n) is 3.98. The topological polar surface area (TPSA) is 136 Å². The summed E-state index contributed by atoms with van der Waals surface area (Å²) in [6.07, 6.45) is 0. The van der Waals surface area contributed by atoms with Crippen LogP contribution in [0.1, 0.15) is 12.5 Å². The Labute approximate surface area is 167 Å². The first kappa shape index (κ1) is 22.2. The Morgan fingerprint density at radius 1 is 1.14 bits per heavy atom. The zero-order chi connectivity index (χ0) is 21.4. The third-order valence-corrected chi connectivity index (χ3v) is 5.43. The Balaban J connectivity index is 2.40. The second-order valence-corrected chi connectivity index (χ2v) is 7.67. The molecule has 154 valence electrons. The van der Waals surface area contributed by atoms with E-state index in [0.717, 1.165) is 12.1 Å². The Bertz CT molecular complexity index is 1020. The second kappa shape index (κ2) is 9.92. The molecule has 2 rings (SSSR count). The number of sulfonamides is 1. The normalized spacial score (nSPS) is 12.2. The fourth-order valence-electron chi connectivity index (χ4n) is 2.57. The van der Waals surface area contributed by atoms with Gasteiger partial charge in [-0.2, -0.15) is 0 Å². The van der Waals surface area contributed by atoms with Gasteiger partial charge in [0, 0.05) is 19.5 Å². The summed E-state index contributed by atoms with van der Waals surface area (Å²) in [7, 11) is -4.23. The molecule has 0 saturated carbocycles. The number of carbonyl (C=O) groups excluding carboxylic acids is 1. The second-order valence-electron chi connectivity index (χ2n) is 5.94. The van der Waals surface area contributed by atoms with Crippen LogP contribution in [0.15, 0.2) is 65.1 Å². The van der Waals surface area contributed by atoms with Crippen LogP contribution in [-0.4, -0.2) is 44.2 Å². The number of hydrogen-bond acceptors (Lipinski definition) is 7. The molecule has 0 aliphatic carbocycles. The Hall–Kier alpha value is -3.08. The van der Waals surface area contributed by atoms with Crippen LogP contribution < -0.4 is 4.72 Å². The number of ether oxygens (including phenoxy) is 1.